The third-order valence-corrected chi connectivity index (χ3v) is 3.29. The Morgan fingerprint density at radius 2 is 1.89 bits per heavy atom. The molecule has 0 aliphatic carbocycles. The van der Waals surface area contributed by atoms with Gasteiger partial charge in [0.15, 0.2) is 0 Å². The van der Waals surface area contributed by atoms with Crippen molar-refractivity contribution in [3.8, 4) is 11.5 Å². The second kappa shape index (κ2) is 5.74. The Bertz CT molecular complexity index is 570. The topological polar surface area (TPSA) is 29.5 Å². The molecule has 2 rings (SSSR count). The number of ether oxygens (including phenoxy) is 1. The molecule has 0 unspecified atom stereocenters. The lowest BCUT2D eigenvalue weighted by molar-refractivity contribution is 0.276. The maximum atomic E-state index is 9.31. The lowest BCUT2D eigenvalue weighted by atomic mass is 10.1. The molecule has 0 radical (unpaired) electrons. The Labute approximate surface area is 119 Å². The number of hydrogen-bond acceptors (Lipinski definition) is 2. The molecular formula is C14H12BrClO2. The van der Waals surface area contributed by atoms with Crippen molar-refractivity contribution in [2.45, 2.75) is 13.5 Å². The van der Waals surface area contributed by atoms with E-state index in [0.717, 1.165) is 15.6 Å². The zero-order valence-corrected chi connectivity index (χ0v) is 12.1. The van der Waals surface area contributed by atoms with Gasteiger partial charge in [0, 0.05) is 10.0 Å². The molecule has 18 heavy (non-hydrogen) atoms. The van der Waals surface area contributed by atoms with Crippen LogP contribution in [0.15, 0.2) is 40.9 Å². The molecule has 0 heterocycles. The van der Waals surface area contributed by atoms with Crippen molar-refractivity contribution >= 4 is 27.5 Å². The molecule has 1 N–H and O–H groups in total. The van der Waals surface area contributed by atoms with Gasteiger partial charge in [-0.2, -0.15) is 0 Å². The summed E-state index contributed by atoms with van der Waals surface area (Å²) in [6.07, 6.45) is 0. The Hall–Kier alpha value is -1.03. The van der Waals surface area contributed by atoms with Crippen molar-refractivity contribution in [2.75, 3.05) is 0 Å². The number of aliphatic hydroxyl groups excluding tert-OH is 1. The highest BCUT2D eigenvalue weighted by atomic mass is 79.9. The van der Waals surface area contributed by atoms with Crippen LogP contribution in [0.4, 0.5) is 0 Å². The van der Waals surface area contributed by atoms with Crippen LogP contribution in [-0.2, 0) is 6.61 Å². The highest BCUT2D eigenvalue weighted by Gasteiger charge is 2.07. The summed E-state index contributed by atoms with van der Waals surface area (Å²) >= 11 is 9.43. The fourth-order valence-corrected chi connectivity index (χ4v) is 2.32. The Balaban J connectivity index is 2.33. The standard InChI is InChI=1S/C14H12BrClO2/c1-9-2-4-13(10(6-9)8-17)18-14-5-3-11(15)7-12(14)16/h2-7,17H,8H2,1H3. The van der Waals surface area contributed by atoms with Gasteiger partial charge in [-0.05, 0) is 31.2 Å². The van der Waals surface area contributed by atoms with Crippen LogP contribution in [0, 0.1) is 6.92 Å². The average molecular weight is 328 g/mol. The van der Waals surface area contributed by atoms with Crippen molar-refractivity contribution in [3.63, 3.8) is 0 Å². The molecule has 2 aromatic carbocycles. The van der Waals surface area contributed by atoms with Crippen LogP contribution in [0.3, 0.4) is 0 Å². The van der Waals surface area contributed by atoms with E-state index in [2.05, 4.69) is 15.9 Å². The summed E-state index contributed by atoms with van der Waals surface area (Å²) in [6.45, 7) is 1.90. The van der Waals surface area contributed by atoms with E-state index in [1.54, 1.807) is 12.1 Å². The fourth-order valence-electron chi connectivity index (χ4n) is 1.61. The first-order valence-electron chi connectivity index (χ1n) is 5.43. The number of aryl methyl sites for hydroxylation is 1. The molecule has 0 saturated heterocycles. The zero-order chi connectivity index (χ0) is 13.1. The van der Waals surface area contributed by atoms with Crippen molar-refractivity contribution in [3.05, 3.63) is 57.0 Å². The van der Waals surface area contributed by atoms with E-state index in [1.807, 2.05) is 31.2 Å². The van der Waals surface area contributed by atoms with Crippen LogP contribution in [0.2, 0.25) is 5.02 Å². The molecule has 0 bridgehead atoms. The van der Waals surface area contributed by atoms with Gasteiger partial charge in [-0.3, -0.25) is 0 Å². The summed E-state index contributed by atoms with van der Waals surface area (Å²) in [6, 6.07) is 11.1. The largest absolute Gasteiger partial charge is 0.455 e. The summed E-state index contributed by atoms with van der Waals surface area (Å²) in [5.41, 5.74) is 1.82. The van der Waals surface area contributed by atoms with Gasteiger partial charge in [0.05, 0.1) is 11.6 Å². The Kier molecular flexibility index (Phi) is 4.27. The van der Waals surface area contributed by atoms with Gasteiger partial charge < -0.3 is 9.84 Å². The van der Waals surface area contributed by atoms with E-state index in [-0.39, 0.29) is 6.61 Å². The molecule has 0 saturated carbocycles. The zero-order valence-electron chi connectivity index (χ0n) is 9.78. The highest BCUT2D eigenvalue weighted by Crippen LogP contribution is 2.33. The van der Waals surface area contributed by atoms with Crippen LogP contribution >= 0.6 is 27.5 Å². The maximum absolute atomic E-state index is 9.31. The molecule has 0 atom stereocenters. The minimum Gasteiger partial charge on any atom is -0.455 e. The number of benzene rings is 2. The molecule has 2 nitrogen and oxygen atoms in total. The monoisotopic (exact) mass is 326 g/mol. The van der Waals surface area contributed by atoms with Gasteiger partial charge in [0.1, 0.15) is 11.5 Å². The number of halogens is 2. The minimum absolute atomic E-state index is 0.0643. The first kappa shape index (κ1) is 13.4. The average Bonchev–Trinajstić information content (AvgIpc) is 2.34. The predicted octanol–water partition coefficient (Wildman–Crippen LogP) is 4.70. The molecule has 4 heteroatoms. The van der Waals surface area contributed by atoms with E-state index in [1.165, 1.54) is 0 Å². The third kappa shape index (κ3) is 3.05. The fraction of sp³-hybridized carbons (Fsp3) is 0.143. The van der Waals surface area contributed by atoms with Crippen molar-refractivity contribution in [1.82, 2.24) is 0 Å². The van der Waals surface area contributed by atoms with Gasteiger partial charge in [-0.1, -0.05) is 45.2 Å². The second-order valence-corrected chi connectivity index (χ2v) is 5.27. The summed E-state index contributed by atoms with van der Waals surface area (Å²) in [5.74, 6) is 1.19. The lowest BCUT2D eigenvalue weighted by Gasteiger charge is -2.11. The number of hydrogen-bond donors (Lipinski definition) is 1. The van der Waals surface area contributed by atoms with Crippen molar-refractivity contribution in [2.24, 2.45) is 0 Å². The van der Waals surface area contributed by atoms with Crippen molar-refractivity contribution < 1.29 is 9.84 Å². The smallest absolute Gasteiger partial charge is 0.146 e. The van der Waals surface area contributed by atoms with Gasteiger partial charge in [-0.15, -0.1) is 0 Å². The highest BCUT2D eigenvalue weighted by molar-refractivity contribution is 9.10. The molecule has 0 fully saturated rings. The lowest BCUT2D eigenvalue weighted by Crippen LogP contribution is -1.93. The maximum Gasteiger partial charge on any atom is 0.146 e. The molecule has 2 aromatic rings. The van der Waals surface area contributed by atoms with E-state index in [0.29, 0.717) is 16.5 Å². The summed E-state index contributed by atoms with van der Waals surface area (Å²) in [5, 5.41) is 9.84. The van der Waals surface area contributed by atoms with Crippen LogP contribution < -0.4 is 4.74 Å². The van der Waals surface area contributed by atoms with Gasteiger partial charge >= 0.3 is 0 Å². The van der Waals surface area contributed by atoms with E-state index in [9.17, 15) is 5.11 Å². The van der Waals surface area contributed by atoms with Crippen molar-refractivity contribution in [1.29, 1.82) is 0 Å². The SMILES string of the molecule is Cc1ccc(Oc2ccc(Br)cc2Cl)c(CO)c1. The third-order valence-electron chi connectivity index (χ3n) is 2.50. The molecule has 0 aromatic heterocycles. The van der Waals surface area contributed by atoms with Crippen LogP contribution in [0.25, 0.3) is 0 Å². The van der Waals surface area contributed by atoms with E-state index in [4.69, 9.17) is 16.3 Å². The first-order chi connectivity index (χ1) is 8.60. The minimum atomic E-state index is -0.0643. The van der Waals surface area contributed by atoms with Gasteiger partial charge in [0.25, 0.3) is 0 Å². The normalized spacial score (nSPS) is 10.4. The Morgan fingerprint density at radius 3 is 2.56 bits per heavy atom. The number of rotatable bonds is 3. The van der Waals surface area contributed by atoms with Gasteiger partial charge in [0.2, 0.25) is 0 Å². The Morgan fingerprint density at radius 1 is 1.17 bits per heavy atom. The summed E-state index contributed by atoms with van der Waals surface area (Å²) < 4.78 is 6.62. The molecule has 0 amide bonds. The number of aliphatic hydroxyl groups is 1. The quantitative estimate of drug-likeness (QED) is 0.885. The van der Waals surface area contributed by atoms with Crippen LogP contribution in [-0.4, -0.2) is 5.11 Å². The van der Waals surface area contributed by atoms with Crippen LogP contribution in [0.1, 0.15) is 11.1 Å². The summed E-state index contributed by atoms with van der Waals surface area (Å²) in [4.78, 5) is 0. The molecule has 0 aliphatic heterocycles. The first-order valence-corrected chi connectivity index (χ1v) is 6.60. The molecular weight excluding hydrogens is 316 g/mol. The summed E-state index contributed by atoms with van der Waals surface area (Å²) in [7, 11) is 0. The molecule has 0 spiro atoms. The van der Waals surface area contributed by atoms with E-state index >= 15 is 0 Å². The molecule has 0 aliphatic rings. The predicted molar refractivity (Wildman–Crippen MR) is 76.3 cm³/mol. The molecule has 94 valence electrons. The second-order valence-electron chi connectivity index (χ2n) is 3.95. The van der Waals surface area contributed by atoms with Gasteiger partial charge in [-0.25, -0.2) is 0 Å². The van der Waals surface area contributed by atoms with E-state index < -0.39 is 0 Å². The van der Waals surface area contributed by atoms with Crippen LogP contribution in [0.5, 0.6) is 11.5 Å².